The van der Waals surface area contributed by atoms with Crippen LogP contribution in [0.5, 0.6) is 0 Å². The number of hydrogen-bond donors (Lipinski definition) is 0. The first-order valence-electron chi connectivity index (χ1n) is 4.68. The van der Waals surface area contributed by atoms with E-state index in [4.69, 9.17) is 4.52 Å². The Labute approximate surface area is 86.9 Å². The summed E-state index contributed by atoms with van der Waals surface area (Å²) in [5, 5.41) is 0. The van der Waals surface area contributed by atoms with Crippen molar-refractivity contribution in [2.75, 3.05) is 0 Å². The molecule has 0 aliphatic heterocycles. The number of benzene rings is 1. The fraction of sp³-hybridized carbons (Fsp3) is 0.364. The Morgan fingerprint density at radius 3 is 2.79 bits per heavy atom. The first kappa shape index (κ1) is 11.4. The lowest BCUT2D eigenvalue weighted by atomic mass is 10.0. The molecule has 0 aromatic heterocycles. The van der Waals surface area contributed by atoms with E-state index in [1.165, 1.54) is 5.56 Å². The summed E-state index contributed by atoms with van der Waals surface area (Å²) >= 11 is 0. The Kier molecular flexibility index (Phi) is 4.78. The van der Waals surface area contributed by atoms with Crippen molar-refractivity contribution in [3.8, 4) is 0 Å². The third-order valence-corrected chi connectivity index (χ3v) is 2.51. The van der Waals surface area contributed by atoms with Gasteiger partial charge in [-0.2, -0.15) is 0 Å². The Morgan fingerprint density at radius 1 is 1.50 bits per heavy atom. The number of carbonyl (C=O) groups is 1. The maximum Gasteiger partial charge on any atom is 0.149 e. The first-order chi connectivity index (χ1) is 6.80. The maximum atomic E-state index is 10.6. The molecule has 1 rings (SSSR count). The Morgan fingerprint density at radius 2 is 2.21 bits per heavy atom. The third-order valence-electron chi connectivity index (χ3n) is 2.16. The van der Waals surface area contributed by atoms with Gasteiger partial charge in [0.25, 0.3) is 0 Å². The molecule has 0 aliphatic carbocycles. The van der Waals surface area contributed by atoms with Crippen molar-refractivity contribution in [3.63, 3.8) is 0 Å². The minimum atomic E-state index is -0.355. The molecule has 0 saturated heterocycles. The minimum absolute atomic E-state index is 0.355. The number of aryl methyl sites for hydroxylation is 1. The van der Waals surface area contributed by atoms with Gasteiger partial charge in [-0.25, -0.2) is 0 Å². The van der Waals surface area contributed by atoms with Crippen molar-refractivity contribution >= 4 is 15.8 Å². The van der Waals surface area contributed by atoms with Crippen LogP contribution in [-0.2, 0) is 22.2 Å². The molecule has 0 aliphatic rings. The predicted octanol–water partition coefficient (Wildman–Crippen LogP) is 2.17. The van der Waals surface area contributed by atoms with Gasteiger partial charge < -0.3 is 9.32 Å². The number of hydrogen-bond acceptors (Lipinski definition) is 2. The molecule has 2 atom stereocenters. The van der Waals surface area contributed by atoms with Gasteiger partial charge in [-0.1, -0.05) is 31.2 Å². The van der Waals surface area contributed by atoms with Crippen LogP contribution in [0.3, 0.4) is 0 Å². The van der Waals surface area contributed by atoms with Crippen molar-refractivity contribution in [2.24, 2.45) is 0 Å². The largest absolute Gasteiger partial charge is 0.355 e. The summed E-state index contributed by atoms with van der Waals surface area (Å²) in [7, 11) is 2.13. The molecule has 14 heavy (non-hydrogen) atoms. The molecule has 1 aromatic rings. The molecule has 0 saturated carbocycles. The zero-order valence-electron chi connectivity index (χ0n) is 8.27. The van der Waals surface area contributed by atoms with E-state index in [2.05, 4.69) is 28.5 Å². The van der Waals surface area contributed by atoms with E-state index in [1.807, 2.05) is 12.1 Å². The van der Waals surface area contributed by atoms with Crippen LogP contribution >= 0.6 is 9.47 Å². The molecular formula is C11H15O2P. The van der Waals surface area contributed by atoms with Crippen molar-refractivity contribution in [3.05, 3.63) is 35.4 Å². The molecule has 0 spiro atoms. The molecule has 0 N–H and O–H groups in total. The lowest BCUT2D eigenvalue weighted by molar-refractivity contribution is -0.113. The van der Waals surface area contributed by atoms with Crippen LogP contribution in [0.2, 0.25) is 0 Å². The molecule has 0 radical (unpaired) electrons. The zero-order valence-corrected chi connectivity index (χ0v) is 9.43. The van der Waals surface area contributed by atoms with Crippen LogP contribution in [0.1, 0.15) is 18.1 Å². The van der Waals surface area contributed by atoms with E-state index in [0.717, 1.165) is 18.3 Å². The minimum Gasteiger partial charge on any atom is -0.355 e. The standard InChI is InChI=1S/C11H15O2P/c1-2-9-4-3-5-10(6-9)7-11(8-12)13-14/h3-6,8,11H,2,7,14H2,1H3/t11-/m0/s1. The second-order valence-corrected chi connectivity index (χ2v) is 3.46. The van der Waals surface area contributed by atoms with E-state index < -0.39 is 0 Å². The van der Waals surface area contributed by atoms with E-state index in [1.54, 1.807) is 0 Å². The molecule has 2 nitrogen and oxygen atoms in total. The van der Waals surface area contributed by atoms with Gasteiger partial charge in [-0.3, -0.25) is 0 Å². The van der Waals surface area contributed by atoms with Crippen molar-refractivity contribution in [1.29, 1.82) is 0 Å². The van der Waals surface area contributed by atoms with Crippen molar-refractivity contribution in [2.45, 2.75) is 25.9 Å². The summed E-state index contributed by atoms with van der Waals surface area (Å²) in [4.78, 5) is 10.6. The monoisotopic (exact) mass is 210 g/mol. The molecule has 0 heterocycles. The molecular weight excluding hydrogens is 195 g/mol. The topological polar surface area (TPSA) is 26.3 Å². The summed E-state index contributed by atoms with van der Waals surface area (Å²) in [6.45, 7) is 2.11. The summed E-state index contributed by atoms with van der Waals surface area (Å²) in [6, 6.07) is 8.22. The molecule has 3 heteroatoms. The molecule has 0 amide bonds. The van der Waals surface area contributed by atoms with Crippen LogP contribution in [0, 0.1) is 0 Å². The SMILES string of the molecule is CCc1cccc(C[C@@H](C=O)OP)c1. The highest BCUT2D eigenvalue weighted by molar-refractivity contribution is 7.09. The second-order valence-electron chi connectivity index (χ2n) is 3.19. The molecule has 1 unspecified atom stereocenters. The van der Waals surface area contributed by atoms with Crippen LogP contribution in [0.15, 0.2) is 24.3 Å². The van der Waals surface area contributed by atoms with E-state index in [-0.39, 0.29) is 6.10 Å². The van der Waals surface area contributed by atoms with Gasteiger partial charge in [0.1, 0.15) is 12.4 Å². The molecule has 0 bridgehead atoms. The van der Waals surface area contributed by atoms with Crippen molar-refractivity contribution in [1.82, 2.24) is 0 Å². The normalized spacial score (nSPS) is 12.4. The Balaban J connectivity index is 2.70. The molecule has 1 aromatic carbocycles. The lowest BCUT2D eigenvalue weighted by Crippen LogP contribution is -2.12. The highest BCUT2D eigenvalue weighted by Crippen LogP contribution is 2.10. The summed E-state index contributed by atoms with van der Waals surface area (Å²) in [6.07, 6.45) is 2.13. The summed E-state index contributed by atoms with van der Waals surface area (Å²) in [5.41, 5.74) is 2.43. The van der Waals surface area contributed by atoms with Gasteiger partial charge in [0, 0.05) is 15.9 Å². The Bertz CT molecular complexity index is 299. The highest BCUT2D eigenvalue weighted by Gasteiger charge is 2.06. The maximum absolute atomic E-state index is 10.6. The van der Waals surface area contributed by atoms with Gasteiger partial charge in [0.15, 0.2) is 0 Å². The second kappa shape index (κ2) is 5.90. The van der Waals surface area contributed by atoms with E-state index in [9.17, 15) is 4.79 Å². The fourth-order valence-electron chi connectivity index (χ4n) is 1.34. The zero-order chi connectivity index (χ0) is 10.4. The van der Waals surface area contributed by atoms with Gasteiger partial charge in [0.2, 0.25) is 0 Å². The van der Waals surface area contributed by atoms with Gasteiger partial charge in [-0.05, 0) is 17.5 Å². The molecule has 0 fully saturated rings. The number of rotatable bonds is 5. The van der Waals surface area contributed by atoms with Crippen LogP contribution < -0.4 is 0 Å². The smallest absolute Gasteiger partial charge is 0.149 e. The number of aldehydes is 1. The lowest BCUT2D eigenvalue weighted by Gasteiger charge is -2.08. The van der Waals surface area contributed by atoms with Gasteiger partial charge >= 0.3 is 0 Å². The van der Waals surface area contributed by atoms with E-state index in [0.29, 0.717) is 6.42 Å². The fourth-order valence-corrected chi connectivity index (χ4v) is 1.50. The average molecular weight is 210 g/mol. The summed E-state index contributed by atoms with van der Waals surface area (Å²) < 4.78 is 4.93. The van der Waals surface area contributed by atoms with Crippen molar-refractivity contribution < 1.29 is 9.32 Å². The third kappa shape index (κ3) is 3.21. The summed E-state index contributed by atoms with van der Waals surface area (Å²) in [5.74, 6) is 0. The van der Waals surface area contributed by atoms with Crippen LogP contribution in [-0.4, -0.2) is 12.4 Å². The van der Waals surface area contributed by atoms with E-state index >= 15 is 0 Å². The van der Waals surface area contributed by atoms with Crippen LogP contribution in [0.25, 0.3) is 0 Å². The quantitative estimate of drug-likeness (QED) is 0.550. The number of carbonyl (C=O) groups excluding carboxylic acids is 1. The van der Waals surface area contributed by atoms with Crippen LogP contribution in [0.4, 0.5) is 0 Å². The molecule has 76 valence electrons. The van der Waals surface area contributed by atoms with Gasteiger partial charge in [-0.15, -0.1) is 0 Å². The first-order valence-corrected chi connectivity index (χ1v) is 5.16. The average Bonchev–Trinajstić information content (AvgIpc) is 2.26. The van der Waals surface area contributed by atoms with Gasteiger partial charge in [0.05, 0.1) is 0 Å². The highest BCUT2D eigenvalue weighted by atomic mass is 31.0. The Hall–Kier alpha value is -0.720. The predicted molar refractivity (Wildman–Crippen MR) is 60.2 cm³/mol.